The van der Waals surface area contributed by atoms with Gasteiger partial charge in [0, 0.05) is 44.3 Å². The number of hydrogen-bond acceptors (Lipinski definition) is 3. The third-order valence-corrected chi connectivity index (χ3v) is 4.94. The van der Waals surface area contributed by atoms with E-state index in [-0.39, 0.29) is 35.8 Å². The molecule has 2 rings (SSSR count). The molecular weight excluding hydrogens is 467 g/mol. The lowest BCUT2D eigenvalue weighted by Crippen LogP contribution is -2.42. The highest BCUT2D eigenvalue weighted by molar-refractivity contribution is 14.0. The van der Waals surface area contributed by atoms with Gasteiger partial charge in [0.05, 0.1) is 5.69 Å². The van der Waals surface area contributed by atoms with Crippen LogP contribution in [0.4, 0.5) is 0 Å². The van der Waals surface area contributed by atoms with Gasteiger partial charge in [-0.2, -0.15) is 5.10 Å². The molecule has 3 N–H and O–H groups in total. The summed E-state index contributed by atoms with van der Waals surface area (Å²) in [4.78, 5) is 16.8. The molecule has 8 heteroatoms. The monoisotopic (exact) mass is 504 g/mol. The van der Waals surface area contributed by atoms with E-state index in [9.17, 15) is 4.79 Å². The third-order valence-electron chi connectivity index (χ3n) is 4.94. The molecule has 0 atom stereocenters. The molecule has 160 valence electrons. The van der Waals surface area contributed by atoms with Crippen molar-refractivity contribution in [3.8, 4) is 0 Å². The van der Waals surface area contributed by atoms with E-state index in [0.29, 0.717) is 13.1 Å². The van der Waals surface area contributed by atoms with Gasteiger partial charge >= 0.3 is 0 Å². The van der Waals surface area contributed by atoms with E-state index in [0.717, 1.165) is 50.6 Å². The van der Waals surface area contributed by atoms with Gasteiger partial charge in [0.15, 0.2) is 5.96 Å². The molecule has 1 aliphatic rings. The number of aromatic nitrogens is 2. The maximum Gasteiger partial charge on any atom is 0.223 e. The first-order valence-corrected chi connectivity index (χ1v) is 10.4. The van der Waals surface area contributed by atoms with Gasteiger partial charge < -0.3 is 16.0 Å². The molecule has 28 heavy (non-hydrogen) atoms. The van der Waals surface area contributed by atoms with Crippen LogP contribution in [0.5, 0.6) is 0 Å². The summed E-state index contributed by atoms with van der Waals surface area (Å²) in [5.41, 5.74) is 2.25. The van der Waals surface area contributed by atoms with Crippen LogP contribution < -0.4 is 16.0 Å². The van der Waals surface area contributed by atoms with Crippen molar-refractivity contribution in [1.82, 2.24) is 25.7 Å². The zero-order valence-corrected chi connectivity index (χ0v) is 19.9. The van der Waals surface area contributed by atoms with Crippen LogP contribution in [-0.2, 0) is 11.3 Å². The first-order valence-electron chi connectivity index (χ1n) is 10.4. The fourth-order valence-corrected chi connectivity index (χ4v) is 3.53. The third kappa shape index (κ3) is 8.79. The Hall–Kier alpha value is -1.32. The van der Waals surface area contributed by atoms with Gasteiger partial charge in [-0.15, -0.1) is 24.0 Å². The van der Waals surface area contributed by atoms with E-state index in [2.05, 4.69) is 46.0 Å². The molecule has 1 heterocycles. The van der Waals surface area contributed by atoms with E-state index in [1.807, 2.05) is 11.6 Å². The van der Waals surface area contributed by atoms with Crippen LogP contribution in [-0.4, -0.2) is 47.8 Å². The molecule has 0 aromatic carbocycles. The van der Waals surface area contributed by atoms with Crippen molar-refractivity contribution in [1.29, 1.82) is 0 Å². The fraction of sp³-hybridized carbons (Fsp3) is 0.750. The number of guanidine groups is 1. The standard InChI is InChI=1S/C20H36N6O.HI/c1-4-21-20(23-11-8-14-26-17(3)15-16(2)25-26)24-13-12-22-19(27)18-9-6-5-7-10-18;/h15,18H,4-14H2,1-3H3,(H,22,27)(H2,21,23,24);1H. The average molecular weight is 504 g/mol. The van der Waals surface area contributed by atoms with Gasteiger partial charge in [0.2, 0.25) is 5.91 Å². The van der Waals surface area contributed by atoms with Crippen LogP contribution in [0.1, 0.15) is 56.8 Å². The summed E-state index contributed by atoms with van der Waals surface area (Å²) >= 11 is 0. The number of rotatable bonds is 9. The van der Waals surface area contributed by atoms with E-state index >= 15 is 0 Å². The van der Waals surface area contributed by atoms with Gasteiger partial charge in [0.1, 0.15) is 0 Å². The van der Waals surface area contributed by atoms with Crippen molar-refractivity contribution in [3.63, 3.8) is 0 Å². The maximum atomic E-state index is 12.2. The molecular formula is C20H37IN6O. The molecule has 1 aliphatic carbocycles. The predicted octanol–water partition coefficient (Wildman–Crippen LogP) is 2.76. The van der Waals surface area contributed by atoms with Crippen molar-refractivity contribution in [2.24, 2.45) is 10.9 Å². The number of amides is 1. The Morgan fingerprint density at radius 3 is 2.54 bits per heavy atom. The zero-order valence-electron chi connectivity index (χ0n) is 17.6. The SMILES string of the molecule is CCNC(=NCCCn1nc(C)cc1C)NCCNC(=O)C1CCCCC1.I. The zero-order chi connectivity index (χ0) is 19.5. The number of carbonyl (C=O) groups is 1. The molecule has 1 amide bonds. The van der Waals surface area contributed by atoms with Crippen LogP contribution in [0.2, 0.25) is 0 Å². The number of halogens is 1. The van der Waals surface area contributed by atoms with Crippen molar-refractivity contribution in [3.05, 3.63) is 17.5 Å². The molecule has 0 unspecified atom stereocenters. The Balaban J connectivity index is 0.00000392. The van der Waals surface area contributed by atoms with E-state index in [1.165, 1.54) is 25.0 Å². The number of nitrogens with one attached hydrogen (secondary N) is 3. The second kappa shape index (κ2) is 13.8. The Labute approximate surface area is 186 Å². The summed E-state index contributed by atoms with van der Waals surface area (Å²) < 4.78 is 2.03. The van der Waals surface area contributed by atoms with Crippen LogP contribution in [0.3, 0.4) is 0 Å². The number of hydrogen-bond donors (Lipinski definition) is 3. The number of nitrogens with zero attached hydrogens (tertiary/aromatic N) is 3. The van der Waals surface area contributed by atoms with Crippen molar-refractivity contribution >= 4 is 35.8 Å². The lowest BCUT2D eigenvalue weighted by molar-refractivity contribution is -0.125. The summed E-state index contributed by atoms with van der Waals surface area (Å²) in [5.74, 6) is 1.23. The highest BCUT2D eigenvalue weighted by Crippen LogP contribution is 2.23. The number of aryl methyl sites for hydroxylation is 3. The molecule has 1 saturated carbocycles. The lowest BCUT2D eigenvalue weighted by Gasteiger charge is -2.21. The molecule has 1 fully saturated rings. The molecule has 0 radical (unpaired) electrons. The summed E-state index contributed by atoms with van der Waals surface area (Å²) in [7, 11) is 0. The average Bonchev–Trinajstić information content (AvgIpc) is 2.99. The Bertz CT molecular complexity index is 610. The van der Waals surface area contributed by atoms with Crippen molar-refractivity contribution in [2.45, 2.75) is 65.8 Å². The second-order valence-electron chi connectivity index (χ2n) is 7.32. The Kier molecular flexibility index (Phi) is 12.2. The molecule has 7 nitrogen and oxygen atoms in total. The van der Waals surface area contributed by atoms with Crippen molar-refractivity contribution in [2.75, 3.05) is 26.2 Å². The van der Waals surface area contributed by atoms with Crippen LogP contribution in [0.15, 0.2) is 11.1 Å². The second-order valence-corrected chi connectivity index (χ2v) is 7.32. The van der Waals surface area contributed by atoms with Gasteiger partial charge in [-0.3, -0.25) is 14.5 Å². The lowest BCUT2D eigenvalue weighted by atomic mass is 9.89. The van der Waals surface area contributed by atoms with E-state index < -0.39 is 0 Å². The minimum Gasteiger partial charge on any atom is -0.357 e. The summed E-state index contributed by atoms with van der Waals surface area (Å²) in [6.45, 7) is 9.89. The van der Waals surface area contributed by atoms with Crippen LogP contribution in [0.25, 0.3) is 0 Å². The van der Waals surface area contributed by atoms with E-state index in [4.69, 9.17) is 0 Å². The first kappa shape index (κ1) is 24.7. The summed E-state index contributed by atoms with van der Waals surface area (Å²) in [6.07, 6.45) is 6.66. The number of carbonyl (C=O) groups excluding carboxylic acids is 1. The van der Waals surface area contributed by atoms with Crippen molar-refractivity contribution < 1.29 is 4.79 Å². The van der Waals surface area contributed by atoms with Crippen LogP contribution >= 0.6 is 24.0 Å². The first-order chi connectivity index (χ1) is 13.1. The normalized spacial score (nSPS) is 15.0. The minimum absolute atomic E-state index is 0. The molecule has 0 spiro atoms. The molecule has 1 aromatic rings. The quantitative estimate of drug-likeness (QED) is 0.209. The molecule has 0 bridgehead atoms. The molecule has 1 aromatic heterocycles. The van der Waals surface area contributed by atoms with Gasteiger partial charge in [-0.1, -0.05) is 19.3 Å². The van der Waals surface area contributed by atoms with E-state index in [1.54, 1.807) is 0 Å². The fourth-order valence-electron chi connectivity index (χ4n) is 3.53. The van der Waals surface area contributed by atoms with Crippen LogP contribution in [0, 0.1) is 19.8 Å². The summed E-state index contributed by atoms with van der Waals surface area (Å²) in [5, 5.41) is 14.1. The topological polar surface area (TPSA) is 83.3 Å². The minimum atomic E-state index is 0. The Morgan fingerprint density at radius 1 is 1.18 bits per heavy atom. The molecule has 0 aliphatic heterocycles. The molecule has 0 saturated heterocycles. The number of aliphatic imine (C=N–C) groups is 1. The predicted molar refractivity (Wildman–Crippen MR) is 125 cm³/mol. The van der Waals surface area contributed by atoms with Gasteiger partial charge in [-0.05, 0) is 46.1 Å². The Morgan fingerprint density at radius 2 is 1.89 bits per heavy atom. The maximum absolute atomic E-state index is 12.2. The summed E-state index contributed by atoms with van der Waals surface area (Å²) in [6, 6.07) is 2.09. The smallest absolute Gasteiger partial charge is 0.223 e. The highest BCUT2D eigenvalue weighted by Gasteiger charge is 2.20. The highest BCUT2D eigenvalue weighted by atomic mass is 127. The largest absolute Gasteiger partial charge is 0.357 e. The van der Waals surface area contributed by atoms with Gasteiger partial charge in [-0.25, -0.2) is 0 Å². The van der Waals surface area contributed by atoms with Gasteiger partial charge in [0.25, 0.3) is 0 Å².